The third kappa shape index (κ3) is 5.20. The zero-order valence-electron chi connectivity index (χ0n) is 17.8. The summed E-state index contributed by atoms with van der Waals surface area (Å²) in [7, 11) is 4.42. The van der Waals surface area contributed by atoms with E-state index in [9.17, 15) is 9.59 Å². The monoisotopic (exact) mass is 416 g/mol. The van der Waals surface area contributed by atoms with Crippen molar-refractivity contribution in [2.24, 2.45) is 0 Å². The van der Waals surface area contributed by atoms with E-state index in [0.717, 1.165) is 5.56 Å². The van der Waals surface area contributed by atoms with E-state index in [0.29, 0.717) is 28.2 Å². The molecule has 3 aromatic carbocycles. The Balaban J connectivity index is 2.21. The highest BCUT2D eigenvalue weighted by atomic mass is 16.5. The highest BCUT2D eigenvalue weighted by Gasteiger charge is 2.25. The number of ketones is 1. The van der Waals surface area contributed by atoms with Gasteiger partial charge in [-0.15, -0.1) is 0 Å². The lowest BCUT2D eigenvalue weighted by Gasteiger charge is -2.15. The fourth-order valence-corrected chi connectivity index (χ4v) is 3.29. The summed E-state index contributed by atoms with van der Waals surface area (Å²) in [6.45, 7) is 0. The lowest BCUT2D eigenvalue weighted by Crippen LogP contribution is -2.15. The molecule has 0 bridgehead atoms. The van der Waals surface area contributed by atoms with E-state index in [2.05, 4.69) is 0 Å². The number of Topliss-reactive ketones (excluding diaryl/α,β-unsaturated/α-hetero) is 1. The zero-order chi connectivity index (χ0) is 22.2. The lowest BCUT2D eigenvalue weighted by molar-refractivity contribution is -0.133. The molecule has 5 heteroatoms. The van der Waals surface area contributed by atoms with Gasteiger partial charge in [-0.25, -0.2) is 4.79 Å². The number of hydrogen-bond acceptors (Lipinski definition) is 5. The van der Waals surface area contributed by atoms with E-state index >= 15 is 0 Å². The standard InChI is InChI=1S/C26H24O5/c1-29-21-14-12-19(13-15-21)25(27)23(16-18-8-5-4-6-9-18)24(26(28)31-3)20-10-7-11-22(17-20)30-2/h4-15,17H,16H2,1-3H3/b24-23-. The second kappa shape index (κ2) is 10.3. The molecule has 0 amide bonds. The van der Waals surface area contributed by atoms with E-state index in [1.54, 1.807) is 62.8 Å². The minimum Gasteiger partial charge on any atom is -0.497 e. The van der Waals surface area contributed by atoms with Gasteiger partial charge in [0.25, 0.3) is 0 Å². The maximum absolute atomic E-state index is 13.6. The molecule has 0 aromatic heterocycles. The number of carbonyl (C=O) groups is 2. The van der Waals surface area contributed by atoms with Gasteiger partial charge in [0.2, 0.25) is 0 Å². The number of allylic oxidation sites excluding steroid dienone is 1. The molecule has 0 unspecified atom stereocenters. The van der Waals surface area contributed by atoms with E-state index in [1.165, 1.54) is 7.11 Å². The van der Waals surface area contributed by atoms with Gasteiger partial charge in [0.05, 0.1) is 26.9 Å². The number of carbonyl (C=O) groups excluding carboxylic acids is 2. The summed E-state index contributed by atoms with van der Waals surface area (Å²) < 4.78 is 15.6. The molecule has 3 aromatic rings. The Hall–Kier alpha value is -3.86. The normalized spacial score (nSPS) is 11.3. The van der Waals surface area contributed by atoms with E-state index < -0.39 is 5.97 Å². The second-order valence-corrected chi connectivity index (χ2v) is 6.80. The van der Waals surface area contributed by atoms with Crippen LogP contribution in [-0.2, 0) is 16.0 Å². The van der Waals surface area contributed by atoms with Gasteiger partial charge in [0.1, 0.15) is 11.5 Å². The highest BCUT2D eigenvalue weighted by Crippen LogP contribution is 2.29. The maximum atomic E-state index is 13.6. The van der Waals surface area contributed by atoms with Gasteiger partial charge in [0, 0.05) is 17.6 Å². The van der Waals surface area contributed by atoms with Gasteiger partial charge in [0.15, 0.2) is 5.78 Å². The SMILES string of the molecule is COC(=O)/C(=C(/Cc1ccccc1)C(=O)c1ccc(OC)cc1)c1cccc(OC)c1. The third-order valence-corrected chi connectivity index (χ3v) is 4.90. The van der Waals surface area contributed by atoms with Crippen LogP contribution in [0.5, 0.6) is 11.5 Å². The molecule has 31 heavy (non-hydrogen) atoms. The lowest BCUT2D eigenvalue weighted by atomic mass is 9.89. The highest BCUT2D eigenvalue weighted by molar-refractivity contribution is 6.27. The first-order chi connectivity index (χ1) is 15.1. The number of ether oxygens (including phenoxy) is 3. The van der Waals surface area contributed by atoms with Crippen molar-refractivity contribution in [3.05, 3.63) is 101 Å². The van der Waals surface area contributed by atoms with Crippen molar-refractivity contribution in [1.29, 1.82) is 0 Å². The minimum absolute atomic E-state index is 0.214. The van der Waals surface area contributed by atoms with Crippen LogP contribution in [-0.4, -0.2) is 33.1 Å². The van der Waals surface area contributed by atoms with Gasteiger partial charge in [-0.05, 0) is 47.5 Å². The molecule has 0 aliphatic heterocycles. The Morgan fingerprint density at radius 2 is 1.39 bits per heavy atom. The summed E-state index contributed by atoms with van der Waals surface area (Å²) in [6, 6.07) is 23.4. The van der Waals surface area contributed by atoms with Crippen LogP contribution in [0.2, 0.25) is 0 Å². The molecule has 0 saturated carbocycles. The van der Waals surface area contributed by atoms with Gasteiger partial charge in [-0.1, -0.05) is 42.5 Å². The first-order valence-corrected chi connectivity index (χ1v) is 9.76. The predicted molar refractivity (Wildman–Crippen MR) is 119 cm³/mol. The second-order valence-electron chi connectivity index (χ2n) is 6.80. The molecule has 0 saturated heterocycles. The summed E-state index contributed by atoms with van der Waals surface area (Å²) in [5.41, 5.74) is 2.47. The third-order valence-electron chi connectivity index (χ3n) is 4.90. The average molecular weight is 416 g/mol. The molecule has 0 aliphatic rings. The fraction of sp³-hybridized carbons (Fsp3) is 0.154. The fourth-order valence-electron chi connectivity index (χ4n) is 3.29. The van der Waals surface area contributed by atoms with E-state index in [1.807, 2.05) is 30.3 Å². The average Bonchev–Trinajstić information content (AvgIpc) is 2.83. The number of methoxy groups -OCH3 is 3. The molecule has 0 spiro atoms. The van der Waals surface area contributed by atoms with Crippen LogP contribution in [0.1, 0.15) is 21.5 Å². The molecule has 0 atom stereocenters. The summed E-state index contributed by atoms with van der Waals surface area (Å²) in [5.74, 6) is 0.386. The summed E-state index contributed by atoms with van der Waals surface area (Å²) in [4.78, 5) is 26.5. The van der Waals surface area contributed by atoms with E-state index in [4.69, 9.17) is 14.2 Å². The van der Waals surface area contributed by atoms with E-state index in [-0.39, 0.29) is 17.8 Å². The van der Waals surface area contributed by atoms with Crippen molar-refractivity contribution in [3.8, 4) is 11.5 Å². The summed E-state index contributed by atoms with van der Waals surface area (Å²) in [6.07, 6.45) is 0.271. The van der Waals surface area contributed by atoms with Gasteiger partial charge < -0.3 is 14.2 Å². The van der Waals surface area contributed by atoms with Crippen LogP contribution in [0.3, 0.4) is 0 Å². The van der Waals surface area contributed by atoms with Gasteiger partial charge in [-0.3, -0.25) is 4.79 Å². The van der Waals surface area contributed by atoms with Crippen molar-refractivity contribution in [2.75, 3.05) is 21.3 Å². The van der Waals surface area contributed by atoms with Gasteiger partial charge >= 0.3 is 5.97 Å². The number of benzene rings is 3. The van der Waals surface area contributed by atoms with Crippen LogP contribution < -0.4 is 9.47 Å². The number of rotatable bonds is 8. The van der Waals surface area contributed by atoms with Crippen LogP contribution in [0.25, 0.3) is 5.57 Å². The molecule has 0 heterocycles. The van der Waals surface area contributed by atoms with Gasteiger partial charge in [-0.2, -0.15) is 0 Å². The Morgan fingerprint density at radius 1 is 0.710 bits per heavy atom. The summed E-state index contributed by atoms with van der Waals surface area (Å²) >= 11 is 0. The first kappa shape index (κ1) is 21.8. The molecule has 0 fully saturated rings. The quantitative estimate of drug-likeness (QED) is 0.301. The predicted octanol–water partition coefficient (Wildman–Crippen LogP) is 4.76. The molecule has 0 N–H and O–H groups in total. The molecule has 0 radical (unpaired) electrons. The van der Waals surface area contributed by atoms with Crippen molar-refractivity contribution < 1.29 is 23.8 Å². The van der Waals surface area contributed by atoms with Crippen LogP contribution >= 0.6 is 0 Å². The van der Waals surface area contributed by atoms with Crippen molar-refractivity contribution in [2.45, 2.75) is 6.42 Å². The smallest absolute Gasteiger partial charge is 0.338 e. The summed E-state index contributed by atoms with van der Waals surface area (Å²) in [5, 5.41) is 0. The van der Waals surface area contributed by atoms with Crippen molar-refractivity contribution in [1.82, 2.24) is 0 Å². The Kier molecular flexibility index (Phi) is 7.22. The largest absolute Gasteiger partial charge is 0.497 e. The minimum atomic E-state index is -0.582. The Bertz CT molecular complexity index is 1080. The molecular formula is C26H24O5. The van der Waals surface area contributed by atoms with Crippen molar-refractivity contribution >= 4 is 17.3 Å². The Morgan fingerprint density at radius 3 is 2.00 bits per heavy atom. The Labute approximate surface area is 181 Å². The maximum Gasteiger partial charge on any atom is 0.338 e. The molecule has 3 rings (SSSR count). The molecule has 158 valence electrons. The van der Waals surface area contributed by atoms with Crippen LogP contribution in [0, 0.1) is 0 Å². The van der Waals surface area contributed by atoms with Crippen molar-refractivity contribution in [3.63, 3.8) is 0 Å². The topological polar surface area (TPSA) is 61.8 Å². The van der Waals surface area contributed by atoms with Crippen LogP contribution in [0.15, 0.2) is 84.4 Å². The molecule has 5 nitrogen and oxygen atoms in total. The molecule has 0 aliphatic carbocycles. The number of esters is 1. The zero-order valence-corrected chi connectivity index (χ0v) is 17.8. The van der Waals surface area contributed by atoms with Crippen LogP contribution in [0.4, 0.5) is 0 Å². The number of hydrogen-bond donors (Lipinski definition) is 0. The molecular weight excluding hydrogens is 392 g/mol. The first-order valence-electron chi connectivity index (χ1n) is 9.76.